The Morgan fingerprint density at radius 2 is 1.87 bits per heavy atom. The number of benzene rings is 1. The number of nitrogens with one attached hydrogen (secondary N) is 1. The average Bonchev–Trinajstić information content (AvgIpc) is 2.54. The van der Waals surface area contributed by atoms with Gasteiger partial charge in [-0.2, -0.15) is 0 Å². The summed E-state index contributed by atoms with van der Waals surface area (Å²) in [6.07, 6.45) is -8.05. The number of fused-ring (bicyclic) bond motifs is 1. The van der Waals surface area contributed by atoms with E-state index in [0.717, 1.165) is 5.39 Å². The number of alkyl halides is 1. The maximum Gasteiger partial charge on any atom is 0.336 e. The van der Waals surface area contributed by atoms with E-state index < -0.39 is 36.4 Å². The van der Waals surface area contributed by atoms with Crippen molar-refractivity contribution >= 4 is 16.7 Å². The van der Waals surface area contributed by atoms with Crippen LogP contribution in [0, 0.1) is 0 Å². The van der Waals surface area contributed by atoms with Gasteiger partial charge in [-0.15, -0.1) is 0 Å². The Morgan fingerprint density at radius 1 is 1.13 bits per heavy atom. The summed E-state index contributed by atoms with van der Waals surface area (Å²) < 4.78 is 23.9. The van der Waals surface area contributed by atoms with Crippen molar-refractivity contribution in [2.75, 3.05) is 11.9 Å². The smallest absolute Gasteiger partial charge is 0.336 e. The lowest BCUT2D eigenvalue weighted by Gasteiger charge is -2.37. The van der Waals surface area contributed by atoms with E-state index in [9.17, 15) is 24.5 Å². The average molecular weight is 325 g/mol. The summed E-state index contributed by atoms with van der Waals surface area (Å²) in [7, 11) is 0. The molecule has 124 valence electrons. The number of halogens is 1. The Labute approximate surface area is 129 Å². The molecule has 1 aromatic carbocycles. The van der Waals surface area contributed by atoms with Gasteiger partial charge in [-0.25, -0.2) is 9.18 Å². The second kappa shape index (κ2) is 6.25. The van der Waals surface area contributed by atoms with Crippen LogP contribution in [0.3, 0.4) is 0 Å². The minimum Gasteiger partial charge on any atom is -0.423 e. The number of aliphatic hydroxyl groups excluding tert-OH is 3. The third kappa shape index (κ3) is 3.20. The van der Waals surface area contributed by atoms with Crippen LogP contribution in [0.1, 0.15) is 0 Å². The van der Waals surface area contributed by atoms with E-state index in [1.54, 1.807) is 24.3 Å². The molecule has 0 spiro atoms. The van der Waals surface area contributed by atoms with Crippen LogP contribution in [0.4, 0.5) is 10.1 Å². The van der Waals surface area contributed by atoms with E-state index in [4.69, 9.17) is 9.15 Å². The van der Waals surface area contributed by atoms with Gasteiger partial charge >= 0.3 is 5.63 Å². The zero-order valence-electron chi connectivity index (χ0n) is 11.9. The molecule has 2 aromatic rings. The van der Waals surface area contributed by atoms with Gasteiger partial charge in [-0.1, -0.05) is 0 Å². The van der Waals surface area contributed by atoms with E-state index >= 15 is 0 Å². The third-order valence-electron chi connectivity index (χ3n) is 3.77. The molecule has 1 aliphatic rings. The van der Waals surface area contributed by atoms with Crippen molar-refractivity contribution in [3.8, 4) is 0 Å². The Hall–Kier alpha value is -2.00. The lowest BCUT2D eigenvalue weighted by Crippen LogP contribution is -2.57. The van der Waals surface area contributed by atoms with Crippen LogP contribution < -0.4 is 10.9 Å². The van der Waals surface area contributed by atoms with Crippen LogP contribution in [-0.2, 0) is 4.74 Å². The van der Waals surface area contributed by atoms with Gasteiger partial charge in [-0.3, -0.25) is 0 Å². The third-order valence-corrected chi connectivity index (χ3v) is 3.77. The predicted octanol–water partition coefficient (Wildman–Crippen LogP) is -0.0180. The van der Waals surface area contributed by atoms with Crippen LogP contribution in [0.5, 0.6) is 0 Å². The van der Waals surface area contributed by atoms with Gasteiger partial charge in [0, 0.05) is 29.8 Å². The molecule has 0 bridgehead atoms. The molecule has 23 heavy (non-hydrogen) atoms. The molecule has 0 amide bonds. The topological polar surface area (TPSA) is 112 Å². The summed E-state index contributed by atoms with van der Waals surface area (Å²) in [4.78, 5) is 11.2. The molecule has 1 fully saturated rings. The standard InChI is InChI=1S/C15H16FNO6/c16-12-10(23-15(21)14(20)13(12)19)6-17-8-3-1-7-2-4-11(18)22-9(7)5-8/h1-5,10,12-15,17,19-21H,6H2/t10?,12-,13?,14+,15?/m1/s1. The van der Waals surface area contributed by atoms with Crippen molar-refractivity contribution in [1.29, 1.82) is 0 Å². The Morgan fingerprint density at radius 3 is 2.65 bits per heavy atom. The van der Waals surface area contributed by atoms with Crippen molar-refractivity contribution in [3.05, 3.63) is 40.8 Å². The fourth-order valence-electron chi connectivity index (χ4n) is 2.46. The first kappa shape index (κ1) is 15.9. The van der Waals surface area contributed by atoms with Gasteiger partial charge in [-0.05, 0) is 18.2 Å². The van der Waals surface area contributed by atoms with Gasteiger partial charge in [0.25, 0.3) is 0 Å². The lowest BCUT2D eigenvalue weighted by molar-refractivity contribution is -0.266. The Bertz CT molecular complexity index is 750. The van der Waals surface area contributed by atoms with Gasteiger partial charge in [0.15, 0.2) is 12.5 Å². The number of anilines is 1. The quantitative estimate of drug-likeness (QED) is 0.587. The molecule has 3 unspecified atom stereocenters. The predicted molar refractivity (Wildman–Crippen MR) is 78.8 cm³/mol. The summed E-state index contributed by atoms with van der Waals surface area (Å²) in [5.74, 6) is 0. The maximum absolute atomic E-state index is 13.9. The molecule has 0 radical (unpaired) electrons. The number of aliphatic hydroxyl groups is 3. The normalized spacial score (nSPS) is 31.2. The Balaban J connectivity index is 1.71. The van der Waals surface area contributed by atoms with Crippen LogP contribution in [0.15, 0.2) is 39.5 Å². The minimum atomic E-state index is -1.85. The van der Waals surface area contributed by atoms with Crippen LogP contribution in [0.2, 0.25) is 0 Å². The molecule has 4 N–H and O–H groups in total. The highest BCUT2D eigenvalue weighted by Gasteiger charge is 2.44. The van der Waals surface area contributed by atoms with Crippen LogP contribution in [-0.4, -0.2) is 52.6 Å². The molecule has 1 saturated heterocycles. The maximum atomic E-state index is 13.9. The first-order valence-electron chi connectivity index (χ1n) is 7.07. The van der Waals surface area contributed by atoms with E-state index in [2.05, 4.69) is 5.32 Å². The molecule has 0 saturated carbocycles. The number of ether oxygens (including phenoxy) is 1. The molecule has 1 aromatic heterocycles. The monoisotopic (exact) mass is 325 g/mol. The molecular formula is C15H16FNO6. The second-order valence-electron chi connectivity index (χ2n) is 5.38. The molecule has 7 nitrogen and oxygen atoms in total. The van der Waals surface area contributed by atoms with E-state index in [1.165, 1.54) is 6.07 Å². The van der Waals surface area contributed by atoms with Crippen molar-refractivity contribution in [3.63, 3.8) is 0 Å². The molecule has 8 heteroatoms. The van der Waals surface area contributed by atoms with E-state index in [0.29, 0.717) is 11.3 Å². The molecular weight excluding hydrogens is 309 g/mol. The highest BCUT2D eigenvalue weighted by Crippen LogP contribution is 2.23. The summed E-state index contributed by atoms with van der Waals surface area (Å²) in [6, 6.07) is 7.95. The van der Waals surface area contributed by atoms with Gasteiger partial charge in [0.1, 0.15) is 23.9 Å². The van der Waals surface area contributed by atoms with Crippen molar-refractivity contribution in [2.45, 2.75) is 30.8 Å². The number of hydrogen-bond donors (Lipinski definition) is 4. The zero-order valence-corrected chi connectivity index (χ0v) is 11.9. The summed E-state index contributed by atoms with van der Waals surface area (Å²) >= 11 is 0. The van der Waals surface area contributed by atoms with Crippen molar-refractivity contribution in [1.82, 2.24) is 0 Å². The molecule has 2 heterocycles. The van der Waals surface area contributed by atoms with Crippen LogP contribution in [0.25, 0.3) is 11.0 Å². The molecule has 1 aliphatic heterocycles. The summed E-state index contributed by atoms with van der Waals surface area (Å²) in [5, 5.41) is 31.9. The molecule has 0 aliphatic carbocycles. The first-order valence-corrected chi connectivity index (χ1v) is 7.07. The summed E-state index contributed by atoms with van der Waals surface area (Å²) in [6.45, 7) is -0.0510. The number of hydrogen-bond acceptors (Lipinski definition) is 7. The van der Waals surface area contributed by atoms with Crippen molar-refractivity contribution < 1.29 is 28.9 Å². The molecule has 3 rings (SSSR count). The second-order valence-corrected chi connectivity index (χ2v) is 5.38. The molecule has 5 atom stereocenters. The van der Waals surface area contributed by atoms with Gasteiger partial charge in [0.05, 0.1) is 0 Å². The Kier molecular flexibility index (Phi) is 4.31. The number of rotatable bonds is 3. The fraction of sp³-hybridized carbons (Fsp3) is 0.400. The zero-order chi connectivity index (χ0) is 16.6. The minimum absolute atomic E-state index is 0.0510. The largest absolute Gasteiger partial charge is 0.423 e. The lowest BCUT2D eigenvalue weighted by atomic mass is 10.00. The van der Waals surface area contributed by atoms with Crippen molar-refractivity contribution in [2.24, 2.45) is 0 Å². The van der Waals surface area contributed by atoms with Gasteiger partial charge in [0.2, 0.25) is 0 Å². The highest BCUT2D eigenvalue weighted by atomic mass is 19.1. The van der Waals surface area contributed by atoms with Crippen LogP contribution >= 0.6 is 0 Å². The van der Waals surface area contributed by atoms with E-state index in [1.807, 2.05) is 0 Å². The highest BCUT2D eigenvalue weighted by molar-refractivity contribution is 5.80. The summed E-state index contributed by atoms with van der Waals surface area (Å²) in [5.41, 5.74) is 0.450. The van der Waals surface area contributed by atoms with E-state index in [-0.39, 0.29) is 6.54 Å². The SMILES string of the molecule is O=c1ccc2ccc(NCC3OC(O)[C@@H](O)C(O)[C@@H]3F)cc2o1. The fourth-order valence-corrected chi connectivity index (χ4v) is 2.46. The first-order chi connectivity index (χ1) is 11.0. The van der Waals surface area contributed by atoms with Gasteiger partial charge < -0.3 is 29.8 Å².